The number of benzene rings is 2. The van der Waals surface area contributed by atoms with Gasteiger partial charge in [-0.2, -0.15) is 0 Å². The number of hydrogen-bond donors (Lipinski definition) is 1. The predicted octanol–water partition coefficient (Wildman–Crippen LogP) is 5.30. The van der Waals surface area contributed by atoms with Crippen LogP contribution in [0.1, 0.15) is 31.9 Å². The average molecular weight is 290 g/mol. The molecule has 0 aromatic heterocycles. The average Bonchev–Trinajstić information content (AvgIpc) is 2.47. The first-order valence-corrected chi connectivity index (χ1v) is 7.32. The molecule has 3 heteroatoms. The molecule has 0 fully saturated rings. The fourth-order valence-corrected chi connectivity index (χ4v) is 2.12. The van der Waals surface area contributed by atoms with Crippen LogP contribution >= 0.6 is 11.6 Å². The van der Waals surface area contributed by atoms with E-state index in [4.69, 9.17) is 16.3 Å². The Morgan fingerprint density at radius 1 is 1.10 bits per heavy atom. The van der Waals surface area contributed by atoms with E-state index in [0.717, 1.165) is 29.5 Å². The highest BCUT2D eigenvalue weighted by Gasteiger charge is 2.08. The standard InChI is InChI=1S/C17H20ClNO/c1-3-12-20-17-7-5-4-6-16(17)19-13(2)14-8-10-15(18)11-9-14/h4-11,13,19H,3,12H2,1-2H3. The monoisotopic (exact) mass is 289 g/mol. The zero-order chi connectivity index (χ0) is 14.4. The SMILES string of the molecule is CCCOc1ccccc1NC(C)c1ccc(Cl)cc1. The maximum absolute atomic E-state index is 5.92. The van der Waals surface area contributed by atoms with Crippen LogP contribution in [0.3, 0.4) is 0 Å². The lowest BCUT2D eigenvalue weighted by molar-refractivity contribution is 0.318. The van der Waals surface area contributed by atoms with Gasteiger partial charge in [-0.3, -0.25) is 0 Å². The minimum absolute atomic E-state index is 0.193. The topological polar surface area (TPSA) is 21.3 Å². The van der Waals surface area contributed by atoms with E-state index in [1.165, 1.54) is 5.56 Å². The molecule has 1 N–H and O–H groups in total. The molecule has 2 aromatic carbocycles. The molecule has 0 heterocycles. The number of halogens is 1. The maximum atomic E-state index is 5.92. The number of rotatable bonds is 6. The zero-order valence-electron chi connectivity index (χ0n) is 11.9. The van der Waals surface area contributed by atoms with E-state index >= 15 is 0 Å². The summed E-state index contributed by atoms with van der Waals surface area (Å²) in [5.41, 5.74) is 2.21. The van der Waals surface area contributed by atoms with Crippen molar-refractivity contribution >= 4 is 17.3 Å². The molecule has 2 nitrogen and oxygen atoms in total. The van der Waals surface area contributed by atoms with E-state index in [-0.39, 0.29) is 6.04 Å². The van der Waals surface area contributed by atoms with Gasteiger partial charge in [0.1, 0.15) is 5.75 Å². The molecule has 0 bridgehead atoms. The van der Waals surface area contributed by atoms with E-state index in [2.05, 4.69) is 19.2 Å². The van der Waals surface area contributed by atoms with Crippen molar-refractivity contribution < 1.29 is 4.74 Å². The fourth-order valence-electron chi connectivity index (χ4n) is 1.99. The fraction of sp³-hybridized carbons (Fsp3) is 0.294. The van der Waals surface area contributed by atoms with E-state index in [1.54, 1.807) is 0 Å². The molecule has 0 aliphatic carbocycles. The second-order valence-electron chi connectivity index (χ2n) is 4.76. The van der Waals surface area contributed by atoms with Crippen LogP contribution in [-0.2, 0) is 0 Å². The molecule has 1 unspecified atom stereocenters. The molecule has 0 aliphatic rings. The zero-order valence-corrected chi connectivity index (χ0v) is 12.7. The van der Waals surface area contributed by atoms with Crippen molar-refractivity contribution in [3.8, 4) is 5.75 Å². The van der Waals surface area contributed by atoms with Crippen LogP contribution in [0.15, 0.2) is 48.5 Å². The summed E-state index contributed by atoms with van der Waals surface area (Å²) in [7, 11) is 0. The van der Waals surface area contributed by atoms with Crippen LogP contribution in [0.5, 0.6) is 5.75 Å². The van der Waals surface area contributed by atoms with Crippen molar-refractivity contribution in [1.82, 2.24) is 0 Å². The van der Waals surface area contributed by atoms with Crippen LogP contribution in [0.25, 0.3) is 0 Å². The van der Waals surface area contributed by atoms with Crippen LogP contribution in [0.2, 0.25) is 5.02 Å². The summed E-state index contributed by atoms with van der Waals surface area (Å²) in [5.74, 6) is 0.898. The molecular weight excluding hydrogens is 270 g/mol. The Kier molecular flexibility index (Phi) is 5.31. The summed E-state index contributed by atoms with van der Waals surface area (Å²) in [6.07, 6.45) is 1.00. The van der Waals surface area contributed by atoms with Gasteiger partial charge in [-0.15, -0.1) is 0 Å². The van der Waals surface area contributed by atoms with Crippen LogP contribution < -0.4 is 10.1 Å². The lowest BCUT2D eigenvalue weighted by Gasteiger charge is -2.18. The summed E-state index contributed by atoms with van der Waals surface area (Å²) >= 11 is 5.92. The van der Waals surface area contributed by atoms with Gasteiger partial charge in [0.05, 0.1) is 12.3 Å². The van der Waals surface area contributed by atoms with Crippen molar-refractivity contribution in [1.29, 1.82) is 0 Å². The Labute approximate surface area is 125 Å². The quantitative estimate of drug-likeness (QED) is 0.779. The number of para-hydroxylation sites is 2. The molecule has 2 aromatic rings. The third-order valence-corrected chi connectivity index (χ3v) is 3.34. The molecule has 2 rings (SSSR count). The lowest BCUT2D eigenvalue weighted by atomic mass is 10.1. The Bertz CT molecular complexity index is 539. The van der Waals surface area contributed by atoms with Crippen molar-refractivity contribution in [3.05, 3.63) is 59.1 Å². The summed E-state index contributed by atoms with van der Waals surface area (Å²) in [6.45, 7) is 4.96. The highest BCUT2D eigenvalue weighted by atomic mass is 35.5. The summed E-state index contributed by atoms with van der Waals surface area (Å²) in [5, 5.41) is 4.24. The molecule has 0 saturated heterocycles. The number of hydrogen-bond acceptors (Lipinski definition) is 2. The first-order chi connectivity index (χ1) is 9.70. The van der Waals surface area contributed by atoms with Crippen molar-refractivity contribution in [2.24, 2.45) is 0 Å². The van der Waals surface area contributed by atoms with Gasteiger partial charge in [-0.25, -0.2) is 0 Å². The molecule has 0 aliphatic heterocycles. The van der Waals surface area contributed by atoms with Gasteiger partial charge in [0, 0.05) is 11.1 Å². The largest absolute Gasteiger partial charge is 0.491 e. The van der Waals surface area contributed by atoms with Gasteiger partial charge >= 0.3 is 0 Å². The van der Waals surface area contributed by atoms with Crippen molar-refractivity contribution in [2.75, 3.05) is 11.9 Å². The van der Waals surface area contributed by atoms with Crippen LogP contribution in [0, 0.1) is 0 Å². The van der Waals surface area contributed by atoms with Crippen molar-refractivity contribution in [3.63, 3.8) is 0 Å². The molecule has 0 saturated carbocycles. The summed E-state index contributed by atoms with van der Waals surface area (Å²) in [4.78, 5) is 0. The first kappa shape index (κ1) is 14.7. The molecule has 0 amide bonds. The Morgan fingerprint density at radius 2 is 1.80 bits per heavy atom. The molecule has 0 radical (unpaired) electrons. The molecular formula is C17H20ClNO. The van der Waals surface area contributed by atoms with E-state index in [1.807, 2.05) is 48.5 Å². The van der Waals surface area contributed by atoms with Crippen LogP contribution in [0.4, 0.5) is 5.69 Å². The number of nitrogens with one attached hydrogen (secondary N) is 1. The molecule has 0 spiro atoms. The molecule has 1 atom stereocenters. The maximum Gasteiger partial charge on any atom is 0.142 e. The third-order valence-electron chi connectivity index (χ3n) is 3.09. The lowest BCUT2D eigenvalue weighted by Crippen LogP contribution is -2.08. The number of anilines is 1. The summed E-state index contributed by atoms with van der Waals surface area (Å²) < 4.78 is 5.76. The normalized spacial score (nSPS) is 11.9. The predicted molar refractivity (Wildman–Crippen MR) is 85.7 cm³/mol. The third kappa shape index (κ3) is 3.91. The molecule has 20 heavy (non-hydrogen) atoms. The Hall–Kier alpha value is -1.67. The van der Waals surface area contributed by atoms with Gasteiger partial charge in [0.2, 0.25) is 0 Å². The van der Waals surface area contributed by atoms with E-state index in [9.17, 15) is 0 Å². The first-order valence-electron chi connectivity index (χ1n) is 6.94. The van der Waals surface area contributed by atoms with Gasteiger partial charge in [0.15, 0.2) is 0 Å². The van der Waals surface area contributed by atoms with Crippen LogP contribution in [-0.4, -0.2) is 6.61 Å². The second-order valence-corrected chi connectivity index (χ2v) is 5.20. The Balaban J connectivity index is 2.10. The van der Waals surface area contributed by atoms with E-state index in [0.29, 0.717) is 0 Å². The second kappa shape index (κ2) is 7.20. The summed E-state index contributed by atoms with van der Waals surface area (Å²) in [6, 6.07) is 16.1. The van der Waals surface area contributed by atoms with Gasteiger partial charge in [-0.1, -0.05) is 42.8 Å². The number of ether oxygens (including phenoxy) is 1. The molecule has 106 valence electrons. The van der Waals surface area contributed by atoms with E-state index < -0.39 is 0 Å². The van der Waals surface area contributed by atoms with Gasteiger partial charge in [0.25, 0.3) is 0 Å². The minimum Gasteiger partial charge on any atom is -0.491 e. The van der Waals surface area contributed by atoms with Crippen molar-refractivity contribution in [2.45, 2.75) is 26.3 Å². The Morgan fingerprint density at radius 3 is 2.50 bits per heavy atom. The highest BCUT2D eigenvalue weighted by Crippen LogP contribution is 2.28. The van der Waals surface area contributed by atoms with Gasteiger partial charge < -0.3 is 10.1 Å². The smallest absolute Gasteiger partial charge is 0.142 e. The van der Waals surface area contributed by atoms with Gasteiger partial charge in [-0.05, 0) is 43.2 Å². The minimum atomic E-state index is 0.193. The highest BCUT2D eigenvalue weighted by molar-refractivity contribution is 6.30.